The molecule has 4 heteroatoms. The Morgan fingerprint density at radius 3 is 1.43 bits per heavy atom. The fraction of sp³-hybridized carbons (Fsp3) is 0.455. The van der Waals surface area contributed by atoms with Gasteiger partial charge in [-0.1, -0.05) is 117 Å². The zero-order chi connectivity index (χ0) is 27.6. The minimum Gasteiger partial charge on any atom is -0.427 e. The molecule has 37 heavy (non-hydrogen) atoms. The highest BCUT2D eigenvalue weighted by Gasteiger charge is 2.30. The molecule has 0 aliphatic carbocycles. The molecule has 0 heterocycles. The first kappa shape index (κ1) is 29.4. The molecule has 0 aliphatic heterocycles. The van der Waals surface area contributed by atoms with Crippen molar-refractivity contribution in [1.82, 2.24) is 0 Å². The Balaban J connectivity index is 2.33. The lowest BCUT2D eigenvalue weighted by Crippen LogP contribution is -2.19. The molecule has 0 aliphatic rings. The topological polar surface area (TPSA) is 49.7 Å². The number of rotatable bonds is 10. The Labute approximate surface area is 225 Å². The first-order chi connectivity index (χ1) is 17.3. The molecule has 3 aromatic rings. The average Bonchev–Trinajstić information content (AvgIpc) is 2.88. The summed E-state index contributed by atoms with van der Waals surface area (Å²) in [5, 5.41) is 0. The van der Waals surface area contributed by atoms with Crippen LogP contribution in [0.25, 0.3) is 22.3 Å². The van der Waals surface area contributed by atoms with E-state index >= 15 is 0 Å². The zero-order valence-corrected chi connectivity index (χ0v) is 25.0. The summed E-state index contributed by atoms with van der Waals surface area (Å²) in [6.07, 6.45) is 3.01. The summed E-state index contributed by atoms with van der Waals surface area (Å²) < 4.78 is 5.64. The summed E-state index contributed by atoms with van der Waals surface area (Å²) in [5.41, 5.74) is 8.05. The highest BCUT2D eigenvalue weighted by atomic mass is 31.2. The van der Waals surface area contributed by atoms with Crippen LogP contribution in [0.4, 0.5) is 0 Å². The highest BCUT2D eigenvalue weighted by Crippen LogP contribution is 2.49. The Morgan fingerprint density at radius 2 is 1.03 bits per heavy atom. The fourth-order valence-corrected chi connectivity index (χ4v) is 5.06. The molecule has 3 rings (SSSR count). The fourth-order valence-electron chi connectivity index (χ4n) is 4.73. The molecule has 0 radical (unpaired) electrons. The molecule has 200 valence electrons. The van der Waals surface area contributed by atoms with Crippen molar-refractivity contribution in [2.45, 2.75) is 97.8 Å². The van der Waals surface area contributed by atoms with Gasteiger partial charge in [-0.2, -0.15) is 0 Å². The molecule has 0 amide bonds. The lowest BCUT2D eigenvalue weighted by atomic mass is 9.74. The molecular formula is C33H45O3P. The second-order valence-electron chi connectivity index (χ2n) is 12.1. The van der Waals surface area contributed by atoms with Crippen LogP contribution in [0.5, 0.6) is 5.75 Å². The van der Waals surface area contributed by atoms with Crippen molar-refractivity contribution in [3.05, 3.63) is 77.4 Å². The lowest BCUT2D eigenvalue weighted by molar-refractivity contribution is 0.367. The van der Waals surface area contributed by atoms with Crippen molar-refractivity contribution < 1.29 is 14.3 Å². The predicted octanol–water partition coefficient (Wildman–Crippen LogP) is 9.67. The van der Waals surface area contributed by atoms with Crippen molar-refractivity contribution in [2.75, 3.05) is 0 Å². The van der Waals surface area contributed by atoms with Gasteiger partial charge in [0.15, 0.2) is 0 Å². The van der Waals surface area contributed by atoms with Crippen LogP contribution in [0, 0.1) is 0 Å². The minimum absolute atomic E-state index is 0.101. The smallest absolute Gasteiger partial charge is 0.391 e. The summed E-state index contributed by atoms with van der Waals surface area (Å²) >= 11 is 0. The molecule has 0 spiro atoms. The molecule has 0 fully saturated rings. The van der Waals surface area contributed by atoms with Gasteiger partial charge in [-0.3, -0.25) is 0 Å². The Bertz CT molecular complexity index is 1190. The quantitative estimate of drug-likeness (QED) is 0.262. The molecule has 3 nitrogen and oxygen atoms in total. The maximum absolute atomic E-state index is 9.80. The van der Waals surface area contributed by atoms with Crippen LogP contribution in [0.1, 0.15) is 98.3 Å². The van der Waals surface area contributed by atoms with Crippen LogP contribution in [-0.2, 0) is 16.2 Å². The van der Waals surface area contributed by atoms with Crippen molar-refractivity contribution >= 4 is 8.60 Å². The molecule has 0 saturated carbocycles. The van der Waals surface area contributed by atoms with E-state index in [1.807, 2.05) is 6.07 Å². The third-order valence-electron chi connectivity index (χ3n) is 8.61. The Morgan fingerprint density at radius 1 is 0.595 bits per heavy atom. The minimum atomic E-state index is -2.53. The molecule has 0 atom stereocenters. The van der Waals surface area contributed by atoms with Gasteiger partial charge in [-0.15, -0.1) is 0 Å². The zero-order valence-electron chi connectivity index (χ0n) is 24.1. The van der Waals surface area contributed by atoms with E-state index in [0.29, 0.717) is 5.75 Å². The van der Waals surface area contributed by atoms with Gasteiger partial charge in [-0.05, 0) is 75.0 Å². The van der Waals surface area contributed by atoms with Crippen molar-refractivity contribution in [3.63, 3.8) is 0 Å². The molecule has 0 bridgehead atoms. The van der Waals surface area contributed by atoms with Crippen LogP contribution in [0.2, 0.25) is 0 Å². The summed E-state index contributed by atoms with van der Waals surface area (Å²) in [5.74, 6) is 0.531. The van der Waals surface area contributed by atoms with Crippen LogP contribution in [-0.4, -0.2) is 9.79 Å². The maximum Gasteiger partial charge on any atom is 0.391 e. The monoisotopic (exact) mass is 520 g/mol. The summed E-state index contributed by atoms with van der Waals surface area (Å²) in [7, 11) is -2.53. The Hall–Kier alpha value is -2.19. The molecule has 0 aromatic heterocycles. The third-order valence-corrected chi connectivity index (χ3v) is 8.97. The standard InChI is InChI=1S/C33H45O3P/c1-10-31(4,5)25-17-13-23(14-18-25)27-21-22-28(36-37(34)35)30(33(8,9)12-3)29(27)24-15-19-26(20-16-24)32(6,7)11-2/h13-22,34-35H,10-12H2,1-9H3. The van der Waals surface area contributed by atoms with Gasteiger partial charge in [0, 0.05) is 5.56 Å². The first-order valence-electron chi connectivity index (χ1n) is 13.5. The van der Waals surface area contributed by atoms with Crippen molar-refractivity contribution in [2.24, 2.45) is 0 Å². The first-order valence-corrected chi connectivity index (χ1v) is 14.7. The van der Waals surface area contributed by atoms with Gasteiger partial charge in [0.1, 0.15) is 5.75 Å². The number of hydrogen-bond donors (Lipinski definition) is 2. The Kier molecular flexibility index (Phi) is 8.95. The predicted molar refractivity (Wildman–Crippen MR) is 159 cm³/mol. The van der Waals surface area contributed by atoms with E-state index in [0.717, 1.165) is 47.1 Å². The van der Waals surface area contributed by atoms with Crippen molar-refractivity contribution in [3.8, 4) is 28.0 Å². The van der Waals surface area contributed by atoms with Crippen LogP contribution in [0.15, 0.2) is 60.7 Å². The van der Waals surface area contributed by atoms with Gasteiger partial charge in [0.25, 0.3) is 0 Å². The van der Waals surface area contributed by atoms with E-state index in [2.05, 4.69) is 117 Å². The van der Waals surface area contributed by atoms with Crippen LogP contribution < -0.4 is 4.52 Å². The normalized spacial score (nSPS) is 12.8. The van der Waals surface area contributed by atoms with Crippen molar-refractivity contribution in [1.29, 1.82) is 0 Å². The number of hydrogen-bond acceptors (Lipinski definition) is 3. The number of benzene rings is 3. The van der Waals surface area contributed by atoms with Crippen LogP contribution >= 0.6 is 8.60 Å². The van der Waals surface area contributed by atoms with Gasteiger partial charge < -0.3 is 14.3 Å². The highest BCUT2D eigenvalue weighted by molar-refractivity contribution is 7.39. The molecular weight excluding hydrogens is 475 g/mol. The van der Waals surface area contributed by atoms with Gasteiger partial charge in [0.2, 0.25) is 0 Å². The summed E-state index contributed by atoms with van der Waals surface area (Å²) in [6, 6.07) is 21.8. The van der Waals surface area contributed by atoms with E-state index in [1.54, 1.807) is 0 Å². The van der Waals surface area contributed by atoms with Crippen LogP contribution in [0.3, 0.4) is 0 Å². The average molecular weight is 521 g/mol. The van der Waals surface area contributed by atoms with Gasteiger partial charge in [-0.25, -0.2) is 0 Å². The van der Waals surface area contributed by atoms with E-state index in [-0.39, 0.29) is 16.2 Å². The van der Waals surface area contributed by atoms with Gasteiger partial charge >= 0.3 is 8.60 Å². The lowest BCUT2D eigenvalue weighted by Gasteiger charge is -2.31. The molecule has 2 N–H and O–H groups in total. The SMILES string of the molecule is CCC(C)(C)c1ccc(-c2ccc(OP(O)O)c(C(C)(C)CC)c2-c2ccc(C(C)(C)CC)cc2)cc1. The van der Waals surface area contributed by atoms with E-state index in [9.17, 15) is 9.79 Å². The molecule has 0 saturated heterocycles. The van der Waals surface area contributed by atoms with Gasteiger partial charge in [0.05, 0.1) is 0 Å². The van der Waals surface area contributed by atoms with E-state index in [4.69, 9.17) is 4.52 Å². The largest absolute Gasteiger partial charge is 0.427 e. The van der Waals surface area contributed by atoms with E-state index < -0.39 is 8.60 Å². The summed E-state index contributed by atoms with van der Waals surface area (Å²) in [6.45, 7) is 20.1. The van der Waals surface area contributed by atoms with E-state index in [1.165, 1.54) is 11.1 Å². The maximum atomic E-state index is 9.80. The third kappa shape index (κ3) is 6.28. The molecule has 0 unspecified atom stereocenters. The molecule has 3 aromatic carbocycles. The summed E-state index contributed by atoms with van der Waals surface area (Å²) in [4.78, 5) is 19.6. The second kappa shape index (κ2) is 11.3. The second-order valence-corrected chi connectivity index (χ2v) is 12.8.